The molecule has 2 rings (SSSR count). The van der Waals surface area contributed by atoms with Crippen LogP contribution in [0.15, 0.2) is 47.5 Å². The highest BCUT2D eigenvalue weighted by Crippen LogP contribution is 2.18. The molecule has 0 bridgehead atoms. The quantitative estimate of drug-likeness (QED) is 0.462. The van der Waals surface area contributed by atoms with Gasteiger partial charge in [-0.25, -0.2) is 4.39 Å². The molecular weight excluding hydrogens is 297 g/mol. The highest BCUT2D eigenvalue weighted by Gasteiger charge is 2.03. The van der Waals surface area contributed by atoms with Crippen molar-refractivity contribution in [3.8, 4) is 17.6 Å². The van der Waals surface area contributed by atoms with Crippen LogP contribution >= 0.6 is 12.2 Å². The molecule has 0 amide bonds. The van der Waals surface area contributed by atoms with Crippen LogP contribution in [0.5, 0.6) is 5.75 Å². The van der Waals surface area contributed by atoms with Crippen molar-refractivity contribution in [3.63, 3.8) is 0 Å². The van der Waals surface area contributed by atoms with E-state index in [1.807, 2.05) is 19.1 Å². The third-order valence-corrected chi connectivity index (χ3v) is 2.88. The molecule has 0 heterocycles. The van der Waals surface area contributed by atoms with Crippen molar-refractivity contribution < 1.29 is 9.13 Å². The summed E-state index contributed by atoms with van der Waals surface area (Å²) in [5.41, 5.74) is 2.14. The minimum Gasteiger partial charge on any atom is -0.491 e. The molecule has 4 heteroatoms. The lowest BCUT2D eigenvalue weighted by Crippen LogP contribution is -1.97. The minimum absolute atomic E-state index is 0.259. The molecule has 2 aromatic carbocycles. The van der Waals surface area contributed by atoms with E-state index in [-0.39, 0.29) is 5.75 Å². The van der Waals surface area contributed by atoms with Crippen LogP contribution < -0.4 is 4.74 Å². The van der Waals surface area contributed by atoms with Gasteiger partial charge in [0.05, 0.1) is 17.5 Å². The van der Waals surface area contributed by atoms with Gasteiger partial charge < -0.3 is 4.74 Å². The number of aliphatic imine (C=N–C) groups is 1. The van der Waals surface area contributed by atoms with E-state index in [1.165, 1.54) is 6.07 Å². The van der Waals surface area contributed by atoms with E-state index in [4.69, 9.17) is 4.74 Å². The lowest BCUT2D eigenvalue weighted by molar-refractivity contribution is 0.301. The summed E-state index contributed by atoms with van der Waals surface area (Å²) in [6.07, 6.45) is 0.838. The van der Waals surface area contributed by atoms with Crippen molar-refractivity contribution in [3.05, 3.63) is 59.4 Å². The van der Waals surface area contributed by atoms with Crippen molar-refractivity contribution in [2.75, 3.05) is 6.61 Å². The van der Waals surface area contributed by atoms with Crippen LogP contribution in [-0.4, -0.2) is 11.8 Å². The van der Waals surface area contributed by atoms with Crippen molar-refractivity contribution in [1.82, 2.24) is 0 Å². The zero-order valence-corrected chi connectivity index (χ0v) is 12.9. The van der Waals surface area contributed by atoms with Gasteiger partial charge in [0.1, 0.15) is 0 Å². The number of ether oxygens (including phenoxy) is 1. The van der Waals surface area contributed by atoms with Crippen molar-refractivity contribution in [2.24, 2.45) is 4.99 Å². The Kier molecular flexibility index (Phi) is 5.85. The molecule has 0 saturated heterocycles. The van der Waals surface area contributed by atoms with Gasteiger partial charge in [-0.3, -0.25) is 0 Å². The van der Waals surface area contributed by atoms with E-state index in [1.54, 1.807) is 24.3 Å². The van der Waals surface area contributed by atoms with Crippen LogP contribution in [0.1, 0.15) is 24.5 Å². The fourth-order valence-electron chi connectivity index (χ4n) is 1.72. The first-order chi connectivity index (χ1) is 10.7. The lowest BCUT2D eigenvalue weighted by Gasteiger charge is -2.05. The molecule has 0 aliphatic carbocycles. The molecule has 0 radical (unpaired) electrons. The van der Waals surface area contributed by atoms with Crippen LogP contribution in [0.3, 0.4) is 0 Å². The second-order valence-electron chi connectivity index (χ2n) is 4.49. The van der Waals surface area contributed by atoms with Crippen molar-refractivity contribution in [1.29, 1.82) is 0 Å². The maximum absolute atomic E-state index is 13.8. The van der Waals surface area contributed by atoms with Gasteiger partial charge in [-0.1, -0.05) is 18.8 Å². The molecule has 110 valence electrons. The highest BCUT2D eigenvalue weighted by molar-refractivity contribution is 7.78. The normalized spacial score (nSPS) is 9.36. The summed E-state index contributed by atoms with van der Waals surface area (Å²) >= 11 is 4.54. The molecule has 0 atom stereocenters. The maximum atomic E-state index is 13.8. The van der Waals surface area contributed by atoms with E-state index >= 15 is 0 Å². The Morgan fingerprint density at radius 1 is 1.09 bits per heavy atom. The number of isothiocyanates is 1. The molecule has 0 unspecified atom stereocenters. The molecule has 2 nitrogen and oxygen atoms in total. The SMILES string of the molecule is CCCOc1ccc(C#Cc2ccc(N=C=S)cc2)cc1F. The first-order valence-corrected chi connectivity index (χ1v) is 7.26. The fraction of sp³-hybridized carbons (Fsp3) is 0.167. The van der Waals surface area contributed by atoms with Gasteiger partial charge in [0, 0.05) is 11.1 Å². The first-order valence-electron chi connectivity index (χ1n) is 6.85. The third kappa shape index (κ3) is 4.53. The standard InChI is InChI=1S/C18H14FNOS/c1-2-11-21-18-10-7-15(12-17(18)19)4-3-14-5-8-16(9-6-14)20-13-22/h5-10,12H,2,11H2,1H3. The summed E-state index contributed by atoms with van der Waals surface area (Å²) in [5, 5.41) is 2.31. The van der Waals surface area contributed by atoms with E-state index in [0.717, 1.165) is 17.7 Å². The molecule has 0 aliphatic heterocycles. The number of halogens is 1. The number of hydrogen-bond donors (Lipinski definition) is 0. The smallest absolute Gasteiger partial charge is 0.166 e. The average molecular weight is 311 g/mol. The lowest BCUT2D eigenvalue weighted by atomic mass is 10.1. The third-order valence-electron chi connectivity index (χ3n) is 2.79. The molecule has 2 aromatic rings. The molecule has 0 N–H and O–H groups in total. The molecule has 0 aliphatic rings. The van der Waals surface area contributed by atoms with Gasteiger partial charge in [0.25, 0.3) is 0 Å². The predicted molar refractivity (Wildman–Crippen MR) is 89.3 cm³/mol. The second kappa shape index (κ2) is 8.09. The molecule has 0 fully saturated rings. The Balaban J connectivity index is 2.14. The molecular formula is C18H14FNOS. The minimum atomic E-state index is -0.397. The number of hydrogen-bond acceptors (Lipinski definition) is 3. The number of rotatable bonds is 4. The first kappa shape index (κ1) is 15.9. The van der Waals surface area contributed by atoms with E-state index in [2.05, 4.69) is 34.2 Å². The second-order valence-corrected chi connectivity index (χ2v) is 4.68. The Morgan fingerprint density at radius 3 is 2.41 bits per heavy atom. The Bertz CT molecular complexity index is 753. The Hall–Kier alpha value is -2.47. The Morgan fingerprint density at radius 2 is 1.77 bits per heavy atom. The number of nitrogens with zero attached hydrogens (tertiary/aromatic N) is 1. The van der Waals surface area contributed by atoms with E-state index in [9.17, 15) is 4.39 Å². The van der Waals surface area contributed by atoms with Gasteiger partial charge in [-0.15, -0.1) is 0 Å². The van der Waals surface area contributed by atoms with Crippen LogP contribution in [0, 0.1) is 17.7 Å². The van der Waals surface area contributed by atoms with Gasteiger partial charge in [0.2, 0.25) is 0 Å². The summed E-state index contributed by atoms with van der Waals surface area (Å²) in [5.74, 6) is 5.76. The summed E-state index contributed by atoms with van der Waals surface area (Å²) in [7, 11) is 0. The van der Waals surface area contributed by atoms with Gasteiger partial charge in [-0.05, 0) is 61.1 Å². The van der Waals surface area contributed by atoms with Gasteiger partial charge in [0.15, 0.2) is 11.6 Å². The van der Waals surface area contributed by atoms with E-state index < -0.39 is 5.82 Å². The molecule has 22 heavy (non-hydrogen) atoms. The number of thiocarbonyl (C=S) groups is 1. The van der Waals surface area contributed by atoms with Crippen LogP contribution in [0.2, 0.25) is 0 Å². The molecule has 0 aromatic heterocycles. The highest BCUT2D eigenvalue weighted by atomic mass is 32.1. The van der Waals surface area contributed by atoms with Crippen molar-refractivity contribution >= 4 is 23.1 Å². The number of benzene rings is 2. The summed E-state index contributed by atoms with van der Waals surface area (Å²) < 4.78 is 19.1. The van der Waals surface area contributed by atoms with E-state index in [0.29, 0.717) is 12.2 Å². The van der Waals surface area contributed by atoms with Gasteiger partial charge in [-0.2, -0.15) is 4.99 Å². The van der Waals surface area contributed by atoms with Crippen molar-refractivity contribution in [2.45, 2.75) is 13.3 Å². The summed E-state index contributed by atoms with van der Waals surface area (Å²) in [6, 6.07) is 12.0. The fourth-order valence-corrected chi connectivity index (χ4v) is 1.83. The van der Waals surface area contributed by atoms with Gasteiger partial charge >= 0.3 is 0 Å². The van der Waals surface area contributed by atoms with Crippen LogP contribution in [0.25, 0.3) is 0 Å². The van der Waals surface area contributed by atoms with Crippen LogP contribution in [-0.2, 0) is 0 Å². The largest absolute Gasteiger partial charge is 0.491 e. The zero-order valence-electron chi connectivity index (χ0n) is 12.1. The summed E-state index contributed by atoms with van der Waals surface area (Å²) in [6.45, 7) is 2.47. The monoisotopic (exact) mass is 311 g/mol. The Labute approximate surface area is 134 Å². The predicted octanol–water partition coefficient (Wildman–Crippen LogP) is 4.75. The topological polar surface area (TPSA) is 21.6 Å². The maximum Gasteiger partial charge on any atom is 0.166 e. The zero-order chi connectivity index (χ0) is 15.8. The average Bonchev–Trinajstić information content (AvgIpc) is 2.54. The summed E-state index contributed by atoms with van der Waals surface area (Å²) in [4.78, 5) is 3.86. The van der Waals surface area contributed by atoms with Crippen LogP contribution in [0.4, 0.5) is 10.1 Å². The molecule has 0 saturated carbocycles. The molecule has 0 spiro atoms.